The maximum Gasteiger partial charge on any atom is 0.255 e. The lowest BCUT2D eigenvalue weighted by Crippen LogP contribution is -2.29. The van der Waals surface area contributed by atoms with Gasteiger partial charge in [-0.05, 0) is 42.7 Å². The summed E-state index contributed by atoms with van der Waals surface area (Å²) in [6.45, 7) is 1.57. The van der Waals surface area contributed by atoms with Gasteiger partial charge in [0, 0.05) is 18.8 Å². The standard InChI is InChI=1S/C19H21N3O2.ClH/c20-15-9-7-14(8-10-15)13-18(23)21-17-6-2-1-5-16(17)19(24)22-11-3-4-12-22;/h1-2,5-10H,3-4,11-13,20H2,(H,21,23);1H. The molecule has 3 rings (SSSR count). The summed E-state index contributed by atoms with van der Waals surface area (Å²) in [5.74, 6) is -0.169. The van der Waals surface area contributed by atoms with Crippen LogP contribution in [0.25, 0.3) is 0 Å². The Morgan fingerprint density at radius 1 is 1.00 bits per heavy atom. The molecular weight excluding hydrogens is 338 g/mol. The number of hydrogen-bond acceptors (Lipinski definition) is 3. The van der Waals surface area contributed by atoms with Crippen LogP contribution in [-0.4, -0.2) is 29.8 Å². The van der Waals surface area contributed by atoms with E-state index in [-0.39, 0.29) is 30.6 Å². The second kappa shape index (κ2) is 8.53. The smallest absolute Gasteiger partial charge is 0.255 e. The van der Waals surface area contributed by atoms with Crippen molar-refractivity contribution in [1.82, 2.24) is 4.90 Å². The van der Waals surface area contributed by atoms with E-state index in [1.165, 1.54) is 0 Å². The summed E-state index contributed by atoms with van der Waals surface area (Å²) in [5.41, 5.74) is 8.31. The molecule has 0 radical (unpaired) electrons. The first-order valence-electron chi connectivity index (χ1n) is 8.16. The highest BCUT2D eigenvalue weighted by Crippen LogP contribution is 2.20. The summed E-state index contributed by atoms with van der Waals surface area (Å²) in [4.78, 5) is 26.7. The van der Waals surface area contributed by atoms with Gasteiger partial charge in [-0.1, -0.05) is 24.3 Å². The maximum atomic E-state index is 12.6. The molecule has 3 N–H and O–H groups in total. The van der Waals surface area contributed by atoms with Gasteiger partial charge in [0.15, 0.2) is 0 Å². The molecule has 1 fully saturated rings. The molecule has 2 aromatic carbocycles. The Morgan fingerprint density at radius 2 is 1.64 bits per heavy atom. The van der Waals surface area contributed by atoms with E-state index >= 15 is 0 Å². The number of nitrogens with zero attached hydrogens (tertiary/aromatic N) is 1. The monoisotopic (exact) mass is 359 g/mol. The van der Waals surface area contributed by atoms with Crippen molar-refractivity contribution >= 4 is 35.6 Å². The lowest BCUT2D eigenvalue weighted by Gasteiger charge is -2.18. The van der Waals surface area contributed by atoms with E-state index in [1.807, 2.05) is 29.2 Å². The summed E-state index contributed by atoms with van der Waals surface area (Å²) >= 11 is 0. The SMILES string of the molecule is Cl.Nc1ccc(CC(=O)Nc2ccccc2C(=O)N2CCCC2)cc1. The number of para-hydroxylation sites is 1. The number of benzene rings is 2. The normalized spacial score (nSPS) is 13.2. The summed E-state index contributed by atoms with van der Waals surface area (Å²) < 4.78 is 0. The van der Waals surface area contributed by atoms with Gasteiger partial charge in [-0.2, -0.15) is 0 Å². The molecule has 2 amide bonds. The van der Waals surface area contributed by atoms with Gasteiger partial charge in [0.05, 0.1) is 17.7 Å². The average molecular weight is 360 g/mol. The van der Waals surface area contributed by atoms with Gasteiger partial charge in [0.2, 0.25) is 5.91 Å². The molecule has 6 heteroatoms. The number of likely N-dealkylation sites (tertiary alicyclic amines) is 1. The van der Waals surface area contributed by atoms with Gasteiger partial charge in [-0.3, -0.25) is 9.59 Å². The van der Waals surface area contributed by atoms with Crippen LogP contribution in [0.15, 0.2) is 48.5 Å². The molecule has 25 heavy (non-hydrogen) atoms. The molecule has 0 unspecified atom stereocenters. The second-order valence-corrected chi connectivity index (χ2v) is 6.01. The predicted molar refractivity (Wildman–Crippen MR) is 102 cm³/mol. The Balaban J connectivity index is 0.00000225. The van der Waals surface area contributed by atoms with Crippen molar-refractivity contribution in [3.05, 3.63) is 59.7 Å². The van der Waals surface area contributed by atoms with E-state index in [4.69, 9.17) is 5.73 Å². The van der Waals surface area contributed by atoms with Gasteiger partial charge in [0.1, 0.15) is 0 Å². The number of anilines is 2. The Kier molecular flexibility index (Phi) is 6.42. The molecule has 0 atom stereocenters. The second-order valence-electron chi connectivity index (χ2n) is 6.01. The average Bonchev–Trinajstić information content (AvgIpc) is 3.11. The molecule has 1 aliphatic rings. The summed E-state index contributed by atoms with van der Waals surface area (Å²) in [7, 11) is 0. The van der Waals surface area contributed by atoms with Crippen molar-refractivity contribution < 1.29 is 9.59 Å². The van der Waals surface area contributed by atoms with Crippen molar-refractivity contribution in [3.8, 4) is 0 Å². The fourth-order valence-electron chi connectivity index (χ4n) is 2.88. The van der Waals surface area contributed by atoms with E-state index in [9.17, 15) is 9.59 Å². The summed E-state index contributed by atoms with van der Waals surface area (Å²) in [5, 5.41) is 2.86. The topological polar surface area (TPSA) is 75.4 Å². The molecule has 132 valence electrons. The van der Waals surface area contributed by atoms with Gasteiger partial charge < -0.3 is 16.0 Å². The van der Waals surface area contributed by atoms with Crippen molar-refractivity contribution in [2.75, 3.05) is 24.1 Å². The molecule has 0 bridgehead atoms. The number of nitrogen functional groups attached to an aromatic ring is 1. The largest absolute Gasteiger partial charge is 0.399 e. The van der Waals surface area contributed by atoms with Gasteiger partial charge >= 0.3 is 0 Å². The molecule has 5 nitrogen and oxygen atoms in total. The molecule has 0 aromatic heterocycles. The third-order valence-electron chi connectivity index (χ3n) is 4.17. The third-order valence-corrected chi connectivity index (χ3v) is 4.17. The van der Waals surface area contributed by atoms with Gasteiger partial charge in [-0.25, -0.2) is 0 Å². The minimum Gasteiger partial charge on any atom is -0.399 e. The fraction of sp³-hybridized carbons (Fsp3) is 0.263. The number of nitrogens with one attached hydrogen (secondary N) is 1. The van der Waals surface area contributed by atoms with Crippen LogP contribution in [0, 0.1) is 0 Å². The Morgan fingerprint density at radius 3 is 2.32 bits per heavy atom. The Bertz CT molecular complexity index is 741. The minimum atomic E-state index is -0.151. The molecule has 1 heterocycles. The minimum absolute atomic E-state index is 0. The van der Waals surface area contributed by atoms with Crippen molar-refractivity contribution in [2.45, 2.75) is 19.3 Å². The van der Waals surface area contributed by atoms with Crippen molar-refractivity contribution in [1.29, 1.82) is 0 Å². The van der Waals surface area contributed by atoms with Gasteiger partial charge in [0.25, 0.3) is 5.91 Å². The molecule has 0 spiro atoms. The quantitative estimate of drug-likeness (QED) is 0.823. The number of amides is 2. The van der Waals surface area contributed by atoms with E-state index < -0.39 is 0 Å². The summed E-state index contributed by atoms with van der Waals surface area (Å²) in [6.07, 6.45) is 2.32. The molecule has 2 aromatic rings. The highest BCUT2D eigenvalue weighted by molar-refractivity contribution is 6.04. The van der Waals surface area contributed by atoms with Gasteiger partial charge in [-0.15, -0.1) is 12.4 Å². The van der Waals surface area contributed by atoms with E-state index in [1.54, 1.807) is 24.3 Å². The number of rotatable bonds is 4. The van der Waals surface area contributed by atoms with Crippen LogP contribution in [0.1, 0.15) is 28.8 Å². The van der Waals surface area contributed by atoms with Crippen molar-refractivity contribution in [3.63, 3.8) is 0 Å². The van der Waals surface area contributed by atoms with Crippen LogP contribution >= 0.6 is 12.4 Å². The summed E-state index contributed by atoms with van der Waals surface area (Å²) in [6, 6.07) is 14.4. The lowest BCUT2D eigenvalue weighted by molar-refractivity contribution is -0.115. The molecule has 1 aliphatic heterocycles. The van der Waals surface area contributed by atoms with Crippen LogP contribution < -0.4 is 11.1 Å². The van der Waals surface area contributed by atoms with Crippen LogP contribution in [0.4, 0.5) is 11.4 Å². The Labute approximate surface area is 153 Å². The number of nitrogens with two attached hydrogens (primary N) is 1. The first-order chi connectivity index (χ1) is 11.6. The zero-order valence-corrected chi connectivity index (χ0v) is 14.7. The maximum absolute atomic E-state index is 12.6. The third kappa shape index (κ3) is 4.73. The van der Waals surface area contributed by atoms with E-state index in [2.05, 4.69) is 5.32 Å². The van der Waals surface area contributed by atoms with Crippen LogP contribution in [-0.2, 0) is 11.2 Å². The van der Waals surface area contributed by atoms with Crippen LogP contribution in [0.2, 0.25) is 0 Å². The number of carbonyl (C=O) groups excluding carboxylic acids is 2. The number of hydrogen-bond donors (Lipinski definition) is 2. The van der Waals surface area contributed by atoms with Crippen molar-refractivity contribution in [2.24, 2.45) is 0 Å². The predicted octanol–water partition coefficient (Wildman–Crippen LogP) is 3.11. The zero-order chi connectivity index (χ0) is 16.9. The molecule has 0 saturated carbocycles. The first-order valence-corrected chi connectivity index (χ1v) is 8.16. The van der Waals surface area contributed by atoms with Crippen LogP contribution in [0.5, 0.6) is 0 Å². The van der Waals surface area contributed by atoms with Crippen LogP contribution in [0.3, 0.4) is 0 Å². The highest BCUT2D eigenvalue weighted by Gasteiger charge is 2.22. The van der Waals surface area contributed by atoms with E-state index in [0.717, 1.165) is 31.5 Å². The molecule has 1 saturated heterocycles. The first kappa shape index (κ1) is 18.8. The molecule has 0 aliphatic carbocycles. The number of carbonyl (C=O) groups is 2. The fourth-order valence-corrected chi connectivity index (χ4v) is 2.88. The lowest BCUT2D eigenvalue weighted by atomic mass is 10.1. The Hall–Kier alpha value is -2.53. The van der Waals surface area contributed by atoms with E-state index in [0.29, 0.717) is 16.9 Å². The molecular formula is C19H22ClN3O2. The zero-order valence-electron chi connectivity index (χ0n) is 13.9. The number of halogens is 1. The highest BCUT2D eigenvalue weighted by atomic mass is 35.5.